The van der Waals surface area contributed by atoms with Gasteiger partial charge in [-0.05, 0) is 47.1 Å². The van der Waals surface area contributed by atoms with E-state index in [1.807, 2.05) is 0 Å². The van der Waals surface area contributed by atoms with Gasteiger partial charge in [0.05, 0.1) is 10.0 Å². The van der Waals surface area contributed by atoms with Gasteiger partial charge in [0.1, 0.15) is 18.2 Å². The maximum absolute atomic E-state index is 13.4. The highest BCUT2D eigenvalue weighted by Crippen LogP contribution is 2.26. The number of hydrogen-bond acceptors (Lipinski definition) is 2. The van der Waals surface area contributed by atoms with Crippen LogP contribution in [0.3, 0.4) is 0 Å². The average molecular weight is 358 g/mol. The zero-order valence-electron chi connectivity index (χ0n) is 10.6. The van der Waals surface area contributed by atoms with Gasteiger partial charge in [0.2, 0.25) is 0 Å². The Kier molecular flexibility index (Phi) is 4.78. The molecular formula is C15H11BrClFO2. The van der Waals surface area contributed by atoms with E-state index in [2.05, 4.69) is 15.9 Å². The van der Waals surface area contributed by atoms with E-state index in [0.29, 0.717) is 26.4 Å². The number of benzene rings is 2. The molecule has 0 saturated carbocycles. The number of carbonyl (C=O) groups is 1. The number of ether oxygens (including phenoxy) is 1. The van der Waals surface area contributed by atoms with Gasteiger partial charge in [-0.1, -0.05) is 23.7 Å². The Hall–Kier alpha value is -1.39. The van der Waals surface area contributed by atoms with Gasteiger partial charge in [0.15, 0.2) is 5.78 Å². The molecule has 0 bridgehead atoms. The summed E-state index contributed by atoms with van der Waals surface area (Å²) in [5, 5.41) is 0.467. The van der Waals surface area contributed by atoms with E-state index in [0.717, 1.165) is 0 Å². The largest absolute Gasteiger partial charge is 0.488 e. The molecular weight excluding hydrogens is 347 g/mol. The van der Waals surface area contributed by atoms with Crippen LogP contribution in [-0.2, 0) is 6.61 Å². The predicted molar refractivity (Wildman–Crippen MR) is 79.9 cm³/mol. The minimum absolute atomic E-state index is 0.138. The van der Waals surface area contributed by atoms with Crippen LogP contribution >= 0.6 is 27.5 Å². The van der Waals surface area contributed by atoms with Crippen molar-refractivity contribution in [1.29, 1.82) is 0 Å². The van der Waals surface area contributed by atoms with Crippen molar-refractivity contribution in [2.75, 3.05) is 0 Å². The molecule has 20 heavy (non-hydrogen) atoms. The average Bonchev–Trinajstić information content (AvgIpc) is 2.41. The highest BCUT2D eigenvalue weighted by atomic mass is 79.9. The van der Waals surface area contributed by atoms with E-state index in [1.165, 1.54) is 13.0 Å². The summed E-state index contributed by atoms with van der Waals surface area (Å²) in [7, 11) is 0. The number of ketones is 1. The fourth-order valence-electron chi connectivity index (χ4n) is 1.72. The van der Waals surface area contributed by atoms with Crippen LogP contribution in [0.15, 0.2) is 40.9 Å². The van der Waals surface area contributed by atoms with Crippen molar-refractivity contribution in [2.45, 2.75) is 13.5 Å². The van der Waals surface area contributed by atoms with E-state index in [-0.39, 0.29) is 18.2 Å². The van der Waals surface area contributed by atoms with Crippen molar-refractivity contribution in [3.8, 4) is 5.75 Å². The molecule has 2 aromatic rings. The molecule has 2 rings (SSSR count). The minimum Gasteiger partial charge on any atom is -0.488 e. The Morgan fingerprint density at radius 1 is 1.35 bits per heavy atom. The molecule has 104 valence electrons. The zero-order valence-corrected chi connectivity index (χ0v) is 13.0. The molecule has 0 amide bonds. The summed E-state index contributed by atoms with van der Waals surface area (Å²) in [6.07, 6.45) is 0. The van der Waals surface area contributed by atoms with Gasteiger partial charge in [-0.15, -0.1) is 0 Å². The highest BCUT2D eigenvalue weighted by molar-refractivity contribution is 9.10. The second kappa shape index (κ2) is 6.37. The predicted octanol–water partition coefficient (Wildman–Crippen LogP) is 5.02. The molecule has 0 spiro atoms. The van der Waals surface area contributed by atoms with Gasteiger partial charge >= 0.3 is 0 Å². The van der Waals surface area contributed by atoms with Crippen LogP contribution in [0, 0.1) is 5.82 Å². The lowest BCUT2D eigenvalue weighted by Gasteiger charge is -2.11. The summed E-state index contributed by atoms with van der Waals surface area (Å²) in [6.45, 7) is 1.59. The third-order valence-electron chi connectivity index (χ3n) is 2.74. The third-order valence-corrected chi connectivity index (χ3v) is 3.86. The van der Waals surface area contributed by atoms with Gasteiger partial charge in [0, 0.05) is 10.6 Å². The first-order valence-corrected chi connectivity index (χ1v) is 7.02. The number of hydrogen-bond donors (Lipinski definition) is 0. The van der Waals surface area contributed by atoms with E-state index >= 15 is 0 Å². The summed E-state index contributed by atoms with van der Waals surface area (Å²) in [6, 6.07) is 9.54. The lowest BCUT2D eigenvalue weighted by atomic mass is 10.1. The van der Waals surface area contributed by atoms with Crippen molar-refractivity contribution < 1.29 is 13.9 Å². The Bertz CT molecular complexity index is 658. The van der Waals surface area contributed by atoms with Crippen LogP contribution in [0.4, 0.5) is 4.39 Å². The standard InChI is InChI=1S/C15H11BrClFO2/c1-9(19)12-7-11(17)5-6-14(12)20-8-10-3-2-4-13(18)15(10)16/h2-7H,8H2,1H3. The molecule has 0 N–H and O–H groups in total. The van der Waals surface area contributed by atoms with E-state index < -0.39 is 0 Å². The number of rotatable bonds is 4. The van der Waals surface area contributed by atoms with Gasteiger partial charge in [0.25, 0.3) is 0 Å². The zero-order chi connectivity index (χ0) is 14.7. The molecule has 0 aliphatic rings. The topological polar surface area (TPSA) is 26.3 Å². The second-order valence-electron chi connectivity index (χ2n) is 4.20. The van der Waals surface area contributed by atoms with Crippen molar-refractivity contribution in [1.82, 2.24) is 0 Å². The molecule has 0 radical (unpaired) electrons. The third kappa shape index (κ3) is 3.38. The molecule has 2 nitrogen and oxygen atoms in total. The van der Waals surface area contributed by atoms with Crippen molar-refractivity contribution >= 4 is 33.3 Å². The van der Waals surface area contributed by atoms with Gasteiger partial charge < -0.3 is 4.74 Å². The van der Waals surface area contributed by atoms with Crippen molar-refractivity contribution in [3.63, 3.8) is 0 Å². The first-order valence-electron chi connectivity index (χ1n) is 5.85. The molecule has 2 aromatic carbocycles. The Balaban J connectivity index is 2.23. The highest BCUT2D eigenvalue weighted by Gasteiger charge is 2.11. The number of Topliss-reactive ketones (excluding diaryl/α,β-unsaturated/α-hetero) is 1. The lowest BCUT2D eigenvalue weighted by molar-refractivity contribution is 0.101. The minimum atomic E-state index is -0.353. The molecule has 0 heterocycles. The Morgan fingerprint density at radius 2 is 2.10 bits per heavy atom. The number of halogens is 3. The van der Waals surface area contributed by atoms with Crippen LogP contribution < -0.4 is 4.74 Å². The van der Waals surface area contributed by atoms with E-state index in [9.17, 15) is 9.18 Å². The maximum Gasteiger partial charge on any atom is 0.163 e. The van der Waals surface area contributed by atoms with E-state index in [1.54, 1.807) is 30.3 Å². The molecule has 5 heteroatoms. The lowest BCUT2D eigenvalue weighted by Crippen LogP contribution is -2.02. The summed E-state index contributed by atoms with van der Waals surface area (Å²) in [5.74, 6) is -0.0622. The van der Waals surface area contributed by atoms with Gasteiger partial charge in [-0.3, -0.25) is 4.79 Å². The molecule has 0 aliphatic heterocycles. The summed E-state index contributed by atoms with van der Waals surface area (Å²) in [4.78, 5) is 11.5. The maximum atomic E-state index is 13.4. The fourth-order valence-corrected chi connectivity index (χ4v) is 2.27. The van der Waals surface area contributed by atoms with Crippen LogP contribution in [0.25, 0.3) is 0 Å². The van der Waals surface area contributed by atoms with Crippen LogP contribution in [0.2, 0.25) is 5.02 Å². The van der Waals surface area contributed by atoms with E-state index in [4.69, 9.17) is 16.3 Å². The SMILES string of the molecule is CC(=O)c1cc(Cl)ccc1OCc1cccc(F)c1Br. The Morgan fingerprint density at radius 3 is 2.80 bits per heavy atom. The smallest absolute Gasteiger partial charge is 0.163 e. The van der Waals surface area contributed by atoms with Gasteiger partial charge in [-0.25, -0.2) is 4.39 Å². The second-order valence-corrected chi connectivity index (χ2v) is 5.43. The van der Waals surface area contributed by atoms with Crippen molar-refractivity contribution in [3.05, 3.63) is 62.8 Å². The molecule has 0 atom stereocenters. The first kappa shape index (κ1) is 15.0. The molecule has 0 aromatic heterocycles. The monoisotopic (exact) mass is 356 g/mol. The van der Waals surface area contributed by atoms with Crippen LogP contribution in [-0.4, -0.2) is 5.78 Å². The summed E-state index contributed by atoms with van der Waals surface area (Å²) < 4.78 is 19.4. The molecule has 0 fully saturated rings. The first-order chi connectivity index (χ1) is 9.49. The molecule has 0 saturated heterocycles. The molecule has 0 unspecified atom stereocenters. The van der Waals surface area contributed by atoms with Crippen LogP contribution in [0.1, 0.15) is 22.8 Å². The summed E-state index contributed by atoms with van der Waals surface area (Å²) in [5.41, 5.74) is 1.07. The fraction of sp³-hybridized carbons (Fsp3) is 0.133. The summed E-state index contributed by atoms with van der Waals surface area (Å²) >= 11 is 9.03. The van der Waals surface area contributed by atoms with Crippen molar-refractivity contribution in [2.24, 2.45) is 0 Å². The quantitative estimate of drug-likeness (QED) is 0.718. The number of carbonyl (C=O) groups excluding carboxylic acids is 1. The molecule has 0 aliphatic carbocycles. The van der Waals surface area contributed by atoms with Crippen LogP contribution in [0.5, 0.6) is 5.75 Å². The normalized spacial score (nSPS) is 10.4. The Labute approximate surface area is 129 Å². The van der Waals surface area contributed by atoms with Gasteiger partial charge in [-0.2, -0.15) is 0 Å².